The van der Waals surface area contributed by atoms with Crippen LogP contribution in [0.5, 0.6) is 5.75 Å². The Bertz CT molecular complexity index is 2290. The molecule has 4 aromatic rings. The summed E-state index contributed by atoms with van der Waals surface area (Å²) in [5.41, 5.74) is 9.36. The molecular weight excluding hydrogens is 812 g/mol. The second-order valence-electron chi connectivity index (χ2n) is 16.1. The van der Waals surface area contributed by atoms with Crippen LogP contribution < -0.4 is 21.1 Å². The minimum Gasteiger partial charge on any atom is -0.482 e. The fourth-order valence-electron chi connectivity index (χ4n) is 8.72. The second kappa shape index (κ2) is 17.9. The summed E-state index contributed by atoms with van der Waals surface area (Å²) in [6.07, 6.45) is 10.6. The number of nitrogens with one attached hydrogen (secondary N) is 2. The minimum absolute atomic E-state index is 0.0882. The van der Waals surface area contributed by atoms with E-state index >= 15 is 0 Å². The lowest BCUT2D eigenvalue weighted by molar-refractivity contribution is -0.136. The van der Waals surface area contributed by atoms with E-state index in [-0.39, 0.29) is 29.2 Å². The molecule has 0 spiro atoms. The third-order valence-electron chi connectivity index (χ3n) is 12.1. The van der Waals surface area contributed by atoms with Gasteiger partial charge in [0.1, 0.15) is 18.0 Å². The lowest BCUT2D eigenvalue weighted by Crippen LogP contribution is -2.54. The smallest absolute Gasteiger partial charge is 0.264 e. The molecule has 8 rings (SSSR count). The highest BCUT2D eigenvalue weighted by molar-refractivity contribution is 6.36. The summed E-state index contributed by atoms with van der Waals surface area (Å²) in [6, 6.07) is 8.94. The van der Waals surface area contributed by atoms with Crippen LogP contribution in [0.3, 0.4) is 0 Å². The van der Waals surface area contributed by atoms with Gasteiger partial charge in [0.15, 0.2) is 11.6 Å². The Morgan fingerprint density at radius 2 is 1.73 bits per heavy atom. The number of hydrogen-bond donors (Lipinski definition) is 3. The summed E-state index contributed by atoms with van der Waals surface area (Å²) < 4.78 is 22.3. The molecule has 0 saturated carbocycles. The van der Waals surface area contributed by atoms with Crippen LogP contribution in [0.1, 0.15) is 90.3 Å². The Labute approximate surface area is 357 Å². The number of unbranched alkanes of at least 4 members (excludes halogenated alkanes) is 2. The number of nitrogen functional groups attached to an aromatic ring is 1. The molecule has 2 unspecified atom stereocenters. The van der Waals surface area contributed by atoms with Crippen molar-refractivity contribution in [1.82, 2.24) is 34.8 Å². The molecule has 60 heavy (non-hydrogen) atoms. The molecule has 4 amide bonds. The molecule has 0 aliphatic carbocycles. The molecule has 2 aromatic heterocycles. The monoisotopic (exact) mass is 859 g/mol. The van der Waals surface area contributed by atoms with Crippen molar-refractivity contribution in [3.63, 3.8) is 0 Å². The zero-order valence-electron chi connectivity index (χ0n) is 33.3. The van der Waals surface area contributed by atoms with Crippen molar-refractivity contribution >= 4 is 58.3 Å². The molecule has 4 aliphatic rings. The Kier molecular flexibility index (Phi) is 12.4. The molecule has 6 heterocycles. The van der Waals surface area contributed by atoms with Gasteiger partial charge in [0, 0.05) is 84.9 Å². The van der Waals surface area contributed by atoms with Gasteiger partial charge in [0.05, 0.1) is 28.4 Å². The van der Waals surface area contributed by atoms with Crippen LogP contribution in [0, 0.1) is 11.7 Å². The standard InChI is InChI=1S/C43H48Cl2FN9O5/c1-25(37-31(44)8-9-32(46)39(37)45)60-35-18-27(20-49-40(35)47)28-21-50-54(24-28)29-12-16-52(17-13-29)14-3-2-4-15-53-22-26(23-53)19-48-33-7-5-6-30-38(33)43(59)55(42(30)58)34-10-11-36(56)51-41(34)57/h5-9,18,20-21,24-26,29,34,48H,2-4,10-17,19,22-23H2,1H3,(H2,47,49)(H,51,56,57). The number of aromatic nitrogens is 3. The predicted molar refractivity (Wildman–Crippen MR) is 225 cm³/mol. The number of nitrogens with two attached hydrogens (primary N) is 1. The molecule has 2 aromatic carbocycles. The van der Waals surface area contributed by atoms with Crippen LogP contribution in [0.4, 0.5) is 15.9 Å². The SMILES string of the molecule is CC(Oc1cc(-c2cnn(C3CCN(CCCCCN4CC(CNc5cccc6c5C(=O)N(C5CCC(=O)NC5=O)C6=O)C4)CC3)c2)cnc1N)c1c(Cl)ccc(F)c1Cl. The van der Waals surface area contributed by atoms with E-state index in [1.807, 2.05) is 17.1 Å². The molecule has 4 aliphatic heterocycles. The van der Waals surface area contributed by atoms with Gasteiger partial charge in [-0.3, -0.25) is 34.1 Å². The van der Waals surface area contributed by atoms with Gasteiger partial charge in [-0.05, 0) is 82.4 Å². The summed E-state index contributed by atoms with van der Waals surface area (Å²) >= 11 is 12.5. The number of benzene rings is 2. The van der Waals surface area contributed by atoms with Crippen molar-refractivity contribution in [3.05, 3.63) is 87.5 Å². The number of rotatable bonds is 15. The largest absolute Gasteiger partial charge is 0.482 e. The summed E-state index contributed by atoms with van der Waals surface area (Å²) in [5.74, 6) is -1.61. The second-order valence-corrected chi connectivity index (χ2v) is 16.9. The maximum Gasteiger partial charge on any atom is 0.264 e. The highest BCUT2D eigenvalue weighted by Crippen LogP contribution is 2.38. The fraction of sp³-hybridized carbons (Fsp3) is 0.442. The Morgan fingerprint density at radius 1 is 0.967 bits per heavy atom. The van der Waals surface area contributed by atoms with E-state index < -0.39 is 41.6 Å². The molecule has 0 bridgehead atoms. The van der Waals surface area contributed by atoms with Crippen LogP contribution in [0.25, 0.3) is 11.1 Å². The van der Waals surface area contributed by atoms with Crippen molar-refractivity contribution < 1.29 is 28.3 Å². The van der Waals surface area contributed by atoms with E-state index in [9.17, 15) is 23.6 Å². The van der Waals surface area contributed by atoms with Gasteiger partial charge in [0.25, 0.3) is 11.8 Å². The summed E-state index contributed by atoms with van der Waals surface area (Å²) in [7, 11) is 0. The van der Waals surface area contributed by atoms with Gasteiger partial charge in [-0.15, -0.1) is 0 Å². The van der Waals surface area contributed by atoms with E-state index in [0.717, 1.165) is 81.0 Å². The highest BCUT2D eigenvalue weighted by atomic mass is 35.5. The van der Waals surface area contributed by atoms with Crippen molar-refractivity contribution in [2.75, 3.05) is 56.9 Å². The summed E-state index contributed by atoms with van der Waals surface area (Å²) in [5, 5.41) is 10.5. The average Bonchev–Trinajstić information content (AvgIpc) is 3.81. The number of carbonyl (C=O) groups excluding carboxylic acids is 4. The van der Waals surface area contributed by atoms with E-state index in [2.05, 4.69) is 25.4 Å². The number of hydrogen-bond acceptors (Lipinski definition) is 11. The number of imide groups is 2. The minimum atomic E-state index is -0.981. The van der Waals surface area contributed by atoms with Crippen LogP contribution in [-0.4, -0.2) is 105 Å². The maximum atomic E-state index is 14.1. The number of piperidine rings is 2. The number of anilines is 2. The molecule has 14 nitrogen and oxygen atoms in total. The summed E-state index contributed by atoms with van der Waals surface area (Å²) in [6.45, 7) is 8.54. The number of amides is 4. The third kappa shape index (κ3) is 8.71. The van der Waals surface area contributed by atoms with Gasteiger partial charge in [-0.2, -0.15) is 5.10 Å². The van der Waals surface area contributed by atoms with Crippen LogP contribution in [-0.2, 0) is 9.59 Å². The van der Waals surface area contributed by atoms with Crippen molar-refractivity contribution in [2.45, 2.75) is 70.1 Å². The first kappa shape index (κ1) is 41.6. The van der Waals surface area contributed by atoms with Crippen LogP contribution >= 0.6 is 23.2 Å². The topological polar surface area (TPSA) is 168 Å². The third-order valence-corrected chi connectivity index (χ3v) is 12.8. The van der Waals surface area contributed by atoms with E-state index in [0.29, 0.717) is 46.1 Å². The van der Waals surface area contributed by atoms with E-state index in [4.69, 9.17) is 38.8 Å². The molecule has 3 fully saturated rings. The first-order chi connectivity index (χ1) is 28.9. The zero-order chi connectivity index (χ0) is 42.1. The Morgan fingerprint density at radius 3 is 2.50 bits per heavy atom. The first-order valence-corrected chi connectivity index (χ1v) is 21.3. The van der Waals surface area contributed by atoms with Gasteiger partial charge < -0.3 is 25.6 Å². The molecule has 0 radical (unpaired) electrons. The van der Waals surface area contributed by atoms with Crippen molar-refractivity contribution in [3.8, 4) is 16.9 Å². The van der Waals surface area contributed by atoms with Crippen LogP contribution in [0.15, 0.2) is 55.0 Å². The average molecular weight is 861 g/mol. The quantitative estimate of drug-likeness (QED) is 0.0691. The predicted octanol–water partition coefficient (Wildman–Crippen LogP) is 6.37. The lowest BCUT2D eigenvalue weighted by Gasteiger charge is -2.39. The number of likely N-dealkylation sites (tertiary alicyclic amines) is 2. The maximum absolute atomic E-state index is 14.1. The molecule has 2 atom stereocenters. The fourth-order valence-corrected chi connectivity index (χ4v) is 9.40. The number of fused-ring (bicyclic) bond motifs is 1. The van der Waals surface area contributed by atoms with Gasteiger partial charge in [0.2, 0.25) is 11.8 Å². The van der Waals surface area contributed by atoms with Crippen molar-refractivity contribution in [1.29, 1.82) is 0 Å². The zero-order valence-corrected chi connectivity index (χ0v) is 34.9. The normalized spacial score (nSPS) is 19.7. The Balaban J connectivity index is 0.726. The molecule has 316 valence electrons. The van der Waals surface area contributed by atoms with Gasteiger partial charge in [-0.25, -0.2) is 9.37 Å². The number of halogens is 3. The van der Waals surface area contributed by atoms with Gasteiger partial charge in [-0.1, -0.05) is 35.7 Å². The van der Waals surface area contributed by atoms with Gasteiger partial charge >= 0.3 is 0 Å². The molecule has 4 N–H and O–H groups in total. The van der Waals surface area contributed by atoms with Crippen molar-refractivity contribution in [2.24, 2.45) is 5.92 Å². The number of carbonyl (C=O) groups is 4. The molecule has 17 heteroatoms. The number of nitrogens with zero attached hydrogens (tertiary/aromatic N) is 6. The first-order valence-electron chi connectivity index (χ1n) is 20.6. The van der Waals surface area contributed by atoms with E-state index in [1.54, 1.807) is 37.4 Å². The lowest BCUT2D eigenvalue weighted by atomic mass is 9.98. The van der Waals surface area contributed by atoms with E-state index in [1.165, 1.54) is 18.6 Å². The van der Waals surface area contributed by atoms with Crippen LogP contribution in [0.2, 0.25) is 10.0 Å². The number of ether oxygens (including phenoxy) is 1. The highest BCUT2D eigenvalue weighted by Gasteiger charge is 2.45. The molecular formula is C43H48Cl2FN9O5. The summed E-state index contributed by atoms with van der Waals surface area (Å²) in [4.78, 5) is 60.9. The number of pyridine rings is 1. The Hall–Kier alpha value is -5.09. The molecule has 3 saturated heterocycles.